The van der Waals surface area contributed by atoms with Crippen LogP contribution in [0.1, 0.15) is 54.1 Å². The maximum atomic E-state index is 10.1. The lowest BCUT2D eigenvalue weighted by Gasteiger charge is -2.42. The number of aryl methyl sites for hydroxylation is 2. The summed E-state index contributed by atoms with van der Waals surface area (Å²) in [5, 5.41) is 11.4. The van der Waals surface area contributed by atoms with Gasteiger partial charge in [0.25, 0.3) is 0 Å². The zero-order valence-electron chi connectivity index (χ0n) is 13.4. The van der Waals surface area contributed by atoms with Crippen molar-refractivity contribution in [1.29, 1.82) is 0 Å². The third kappa shape index (κ3) is 2.52. The maximum Gasteiger partial charge on any atom is 0.107 e. The monoisotopic (exact) mass is 322 g/mol. The summed E-state index contributed by atoms with van der Waals surface area (Å²) in [4.78, 5) is 8.92. The Morgan fingerprint density at radius 3 is 3.05 bits per heavy atom. The molecule has 22 heavy (non-hydrogen) atoms. The van der Waals surface area contributed by atoms with Crippen LogP contribution >= 0.6 is 11.3 Å². The topological polar surface area (TPSA) is 45.6 Å². The van der Waals surface area contributed by atoms with Crippen LogP contribution in [0.15, 0.2) is 0 Å². The Morgan fingerprint density at radius 2 is 2.23 bits per heavy atom. The third-order valence-electron chi connectivity index (χ3n) is 5.90. The minimum atomic E-state index is -0.168. The van der Waals surface area contributed by atoms with E-state index in [1.165, 1.54) is 34.8 Å². The number of rotatable bonds is 3. The van der Waals surface area contributed by atoms with Crippen molar-refractivity contribution >= 4 is 11.3 Å². The number of methoxy groups -OCH3 is 1. The lowest BCUT2D eigenvalue weighted by atomic mass is 9.79. The van der Waals surface area contributed by atoms with Crippen molar-refractivity contribution < 1.29 is 9.84 Å². The summed E-state index contributed by atoms with van der Waals surface area (Å²) in [6.07, 6.45) is 8.63. The van der Waals surface area contributed by atoms with Gasteiger partial charge in [0.15, 0.2) is 0 Å². The average Bonchev–Trinajstić information content (AvgIpc) is 3.09. The van der Waals surface area contributed by atoms with E-state index >= 15 is 0 Å². The molecule has 0 bridgehead atoms. The van der Waals surface area contributed by atoms with E-state index in [4.69, 9.17) is 9.72 Å². The number of likely N-dealkylation sites (tertiary alicyclic amines) is 1. The molecule has 3 aliphatic rings. The molecule has 4 nitrogen and oxygen atoms in total. The molecule has 1 saturated heterocycles. The predicted octanol–water partition coefficient (Wildman–Crippen LogP) is 2.53. The molecule has 2 heterocycles. The van der Waals surface area contributed by atoms with Gasteiger partial charge in [-0.2, -0.15) is 0 Å². The second-order valence-corrected chi connectivity index (χ2v) is 8.29. The van der Waals surface area contributed by atoms with Gasteiger partial charge < -0.3 is 9.84 Å². The van der Waals surface area contributed by atoms with Gasteiger partial charge in [-0.05, 0) is 51.4 Å². The minimum absolute atomic E-state index is 0.0316. The Kier molecular flexibility index (Phi) is 4.01. The van der Waals surface area contributed by atoms with E-state index in [0.717, 1.165) is 45.2 Å². The fourth-order valence-electron chi connectivity index (χ4n) is 4.61. The Labute approximate surface area is 136 Å². The van der Waals surface area contributed by atoms with Crippen molar-refractivity contribution in [2.75, 3.05) is 13.7 Å². The molecule has 3 atom stereocenters. The first kappa shape index (κ1) is 15.1. The number of hydrogen-bond acceptors (Lipinski definition) is 5. The maximum absolute atomic E-state index is 10.1. The van der Waals surface area contributed by atoms with E-state index in [-0.39, 0.29) is 11.7 Å². The second kappa shape index (κ2) is 5.86. The SMILES string of the molecule is CO[C@]12CC[C@@H](O)C[C@H]1N(Cc1nc3c(s1)CCCC3)CC2. The van der Waals surface area contributed by atoms with Gasteiger partial charge in [-0.25, -0.2) is 4.98 Å². The van der Waals surface area contributed by atoms with Crippen LogP contribution in [-0.2, 0) is 24.1 Å². The molecular weight excluding hydrogens is 296 g/mol. The highest BCUT2D eigenvalue weighted by molar-refractivity contribution is 7.11. The summed E-state index contributed by atoms with van der Waals surface area (Å²) < 4.78 is 5.93. The van der Waals surface area contributed by atoms with E-state index in [1.807, 2.05) is 18.4 Å². The largest absolute Gasteiger partial charge is 0.393 e. The smallest absolute Gasteiger partial charge is 0.107 e. The molecule has 0 amide bonds. The molecule has 0 radical (unpaired) electrons. The van der Waals surface area contributed by atoms with Gasteiger partial charge in [0.2, 0.25) is 0 Å². The summed E-state index contributed by atoms with van der Waals surface area (Å²) in [5.41, 5.74) is 1.32. The number of fused-ring (bicyclic) bond motifs is 2. The van der Waals surface area contributed by atoms with Crippen molar-refractivity contribution in [2.24, 2.45) is 0 Å². The van der Waals surface area contributed by atoms with Crippen molar-refractivity contribution in [1.82, 2.24) is 9.88 Å². The van der Waals surface area contributed by atoms with Gasteiger partial charge in [-0.1, -0.05) is 0 Å². The number of aliphatic hydroxyl groups is 1. The molecule has 5 heteroatoms. The lowest BCUT2D eigenvalue weighted by Crippen LogP contribution is -2.51. The van der Waals surface area contributed by atoms with E-state index in [1.54, 1.807) is 0 Å². The molecule has 4 rings (SSSR count). The summed E-state index contributed by atoms with van der Waals surface area (Å²) in [6.45, 7) is 2.00. The molecule has 1 N–H and O–H groups in total. The van der Waals surface area contributed by atoms with Gasteiger partial charge in [-0.15, -0.1) is 11.3 Å². The standard InChI is InChI=1S/C17H26N2O2S/c1-21-17-7-6-12(20)10-15(17)19(9-8-17)11-16-18-13-4-2-3-5-14(13)22-16/h12,15,20H,2-11H2,1H3/t12-,15-,17+/m1/s1. The van der Waals surface area contributed by atoms with Gasteiger partial charge >= 0.3 is 0 Å². The number of aliphatic hydroxyl groups excluding tert-OH is 1. The minimum Gasteiger partial charge on any atom is -0.393 e. The van der Waals surface area contributed by atoms with Crippen LogP contribution in [0.4, 0.5) is 0 Å². The molecule has 2 fully saturated rings. The first-order chi connectivity index (χ1) is 10.7. The zero-order chi connectivity index (χ0) is 15.2. The van der Waals surface area contributed by atoms with Gasteiger partial charge in [0.1, 0.15) is 5.01 Å². The van der Waals surface area contributed by atoms with Crippen LogP contribution in [0, 0.1) is 0 Å². The lowest BCUT2D eigenvalue weighted by molar-refractivity contribution is -0.0879. The van der Waals surface area contributed by atoms with Crippen molar-refractivity contribution in [3.8, 4) is 0 Å². The first-order valence-corrected chi connectivity index (χ1v) is 9.46. The third-order valence-corrected chi connectivity index (χ3v) is 7.04. The molecule has 122 valence electrons. The van der Waals surface area contributed by atoms with Crippen LogP contribution in [0.2, 0.25) is 0 Å². The average molecular weight is 322 g/mol. The van der Waals surface area contributed by atoms with Crippen molar-refractivity contribution in [3.05, 3.63) is 15.6 Å². The molecule has 1 aromatic heterocycles. The highest BCUT2D eigenvalue weighted by atomic mass is 32.1. The van der Waals surface area contributed by atoms with Gasteiger partial charge in [0, 0.05) is 24.6 Å². The van der Waals surface area contributed by atoms with Crippen molar-refractivity contribution in [3.63, 3.8) is 0 Å². The van der Waals surface area contributed by atoms with Crippen LogP contribution in [-0.4, -0.2) is 46.4 Å². The van der Waals surface area contributed by atoms with E-state index in [2.05, 4.69) is 4.90 Å². The normalized spacial score (nSPS) is 35.4. The fourth-order valence-corrected chi connectivity index (χ4v) is 5.79. The molecule has 1 saturated carbocycles. The summed E-state index contributed by atoms with van der Waals surface area (Å²) >= 11 is 1.91. The predicted molar refractivity (Wildman–Crippen MR) is 87.2 cm³/mol. The van der Waals surface area contributed by atoms with Crippen LogP contribution < -0.4 is 0 Å². The molecule has 1 aliphatic heterocycles. The Balaban J connectivity index is 1.52. The number of thiazole rings is 1. The second-order valence-electron chi connectivity index (χ2n) is 7.12. The summed E-state index contributed by atoms with van der Waals surface area (Å²) in [5.74, 6) is 0. The quantitative estimate of drug-likeness (QED) is 0.929. The summed E-state index contributed by atoms with van der Waals surface area (Å²) in [6, 6.07) is 0.349. The molecule has 0 aromatic carbocycles. The number of aromatic nitrogens is 1. The highest BCUT2D eigenvalue weighted by Crippen LogP contribution is 2.43. The zero-order valence-corrected chi connectivity index (χ0v) is 14.2. The molecule has 1 aromatic rings. The number of ether oxygens (including phenoxy) is 1. The molecule has 2 aliphatic carbocycles. The Bertz CT molecular complexity index is 523. The van der Waals surface area contributed by atoms with Crippen LogP contribution in [0.5, 0.6) is 0 Å². The molecule has 0 unspecified atom stereocenters. The van der Waals surface area contributed by atoms with Crippen LogP contribution in [0.3, 0.4) is 0 Å². The number of hydrogen-bond donors (Lipinski definition) is 1. The molecular formula is C17H26N2O2S. The van der Waals surface area contributed by atoms with Crippen molar-refractivity contribution in [2.45, 2.75) is 75.7 Å². The van der Waals surface area contributed by atoms with Gasteiger partial charge in [0.05, 0.1) is 23.9 Å². The summed E-state index contributed by atoms with van der Waals surface area (Å²) in [7, 11) is 1.84. The van der Waals surface area contributed by atoms with E-state index in [0.29, 0.717) is 6.04 Å². The number of nitrogens with zero attached hydrogens (tertiary/aromatic N) is 2. The fraction of sp³-hybridized carbons (Fsp3) is 0.824. The first-order valence-electron chi connectivity index (χ1n) is 8.65. The molecule has 0 spiro atoms. The van der Waals surface area contributed by atoms with E-state index in [9.17, 15) is 5.11 Å². The van der Waals surface area contributed by atoms with Crippen LogP contribution in [0.25, 0.3) is 0 Å². The van der Waals surface area contributed by atoms with E-state index < -0.39 is 0 Å². The highest BCUT2D eigenvalue weighted by Gasteiger charge is 2.50. The van der Waals surface area contributed by atoms with Gasteiger partial charge in [-0.3, -0.25) is 4.90 Å². The Hall–Kier alpha value is -0.490. The Morgan fingerprint density at radius 1 is 1.36 bits per heavy atom.